The van der Waals surface area contributed by atoms with Crippen LogP contribution in [0.3, 0.4) is 0 Å². The number of aromatic nitrogens is 2. The van der Waals surface area contributed by atoms with E-state index in [4.69, 9.17) is 5.73 Å². The molecule has 0 unspecified atom stereocenters. The van der Waals surface area contributed by atoms with Crippen LogP contribution in [0.1, 0.15) is 23.2 Å². The topological polar surface area (TPSA) is 80.9 Å². The van der Waals surface area contributed by atoms with E-state index in [0.29, 0.717) is 24.2 Å². The summed E-state index contributed by atoms with van der Waals surface area (Å²) in [5, 5.41) is 2.86. The molecule has 2 aromatic rings. The number of fused-ring (bicyclic) bond motifs is 1. The Balaban J connectivity index is 2.13. The average molecular weight is 244 g/mol. The van der Waals surface area contributed by atoms with Gasteiger partial charge in [-0.1, -0.05) is 6.07 Å². The van der Waals surface area contributed by atoms with Crippen molar-refractivity contribution < 1.29 is 4.79 Å². The standard InChI is InChI=1S/C13H16N4O/c14-6-1-2-7-17-13(18)10-4-3-5-11-12(10)16-9-8-15-11/h3-5,8-9H,1-2,6-7,14H2,(H,17,18). The molecular weight excluding hydrogens is 228 g/mol. The Labute approximate surface area is 105 Å². The predicted octanol–water partition coefficient (Wildman–Crippen LogP) is 1.10. The van der Waals surface area contributed by atoms with Crippen LogP contribution in [0.5, 0.6) is 0 Å². The first-order valence-electron chi connectivity index (χ1n) is 6.01. The molecule has 1 amide bonds. The molecule has 0 saturated carbocycles. The predicted molar refractivity (Wildman–Crippen MR) is 70.2 cm³/mol. The molecule has 5 nitrogen and oxygen atoms in total. The third kappa shape index (κ3) is 2.81. The molecule has 0 aliphatic carbocycles. The molecule has 1 heterocycles. The van der Waals surface area contributed by atoms with Crippen LogP contribution < -0.4 is 11.1 Å². The molecule has 0 spiro atoms. The van der Waals surface area contributed by atoms with Crippen molar-refractivity contribution >= 4 is 16.9 Å². The second-order valence-electron chi connectivity index (χ2n) is 3.98. The molecule has 1 aromatic heterocycles. The maximum atomic E-state index is 12.0. The Kier molecular flexibility index (Phi) is 4.20. The minimum Gasteiger partial charge on any atom is -0.352 e. The van der Waals surface area contributed by atoms with Crippen LogP contribution in [0, 0.1) is 0 Å². The molecule has 0 radical (unpaired) electrons. The monoisotopic (exact) mass is 244 g/mol. The molecular formula is C13H16N4O. The van der Waals surface area contributed by atoms with E-state index in [9.17, 15) is 4.79 Å². The normalized spacial score (nSPS) is 10.5. The summed E-state index contributed by atoms with van der Waals surface area (Å²) < 4.78 is 0. The fraction of sp³-hybridized carbons (Fsp3) is 0.308. The Morgan fingerprint density at radius 3 is 2.89 bits per heavy atom. The average Bonchev–Trinajstić information content (AvgIpc) is 2.43. The fourth-order valence-corrected chi connectivity index (χ4v) is 1.74. The smallest absolute Gasteiger partial charge is 0.253 e. The molecule has 3 N–H and O–H groups in total. The number of carbonyl (C=O) groups excluding carboxylic acids is 1. The molecule has 0 atom stereocenters. The number of nitrogens with one attached hydrogen (secondary N) is 1. The number of amides is 1. The lowest BCUT2D eigenvalue weighted by Crippen LogP contribution is -2.25. The van der Waals surface area contributed by atoms with E-state index in [1.54, 1.807) is 18.5 Å². The van der Waals surface area contributed by atoms with Gasteiger partial charge in [0.2, 0.25) is 0 Å². The number of unbranched alkanes of at least 4 members (excludes halogenated alkanes) is 1. The van der Waals surface area contributed by atoms with Gasteiger partial charge in [-0.3, -0.25) is 14.8 Å². The van der Waals surface area contributed by atoms with Gasteiger partial charge in [-0.05, 0) is 31.5 Å². The van der Waals surface area contributed by atoms with Crippen LogP contribution in [-0.2, 0) is 0 Å². The SMILES string of the molecule is NCCCCNC(=O)c1cccc2nccnc12. The second kappa shape index (κ2) is 6.07. The quantitative estimate of drug-likeness (QED) is 0.772. The molecule has 1 aromatic carbocycles. The first kappa shape index (κ1) is 12.4. The number of para-hydroxylation sites is 1. The first-order valence-corrected chi connectivity index (χ1v) is 6.01. The molecule has 18 heavy (non-hydrogen) atoms. The first-order chi connectivity index (χ1) is 8.83. The molecule has 0 aliphatic heterocycles. The molecule has 5 heteroatoms. The number of rotatable bonds is 5. The zero-order valence-electron chi connectivity index (χ0n) is 10.1. The zero-order valence-corrected chi connectivity index (χ0v) is 10.1. The van der Waals surface area contributed by atoms with E-state index < -0.39 is 0 Å². The van der Waals surface area contributed by atoms with Gasteiger partial charge in [-0.25, -0.2) is 0 Å². The van der Waals surface area contributed by atoms with Crippen LogP contribution in [0.2, 0.25) is 0 Å². The summed E-state index contributed by atoms with van der Waals surface area (Å²) in [5.41, 5.74) is 7.33. The summed E-state index contributed by atoms with van der Waals surface area (Å²) >= 11 is 0. The lowest BCUT2D eigenvalue weighted by atomic mass is 10.1. The maximum Gasteiger partial charge on any atom is 0.253 e. The lowest BCUT2D eigenvalue weighted by Gasteiger charge is -2.06. The van der Waals surface area contributed by atoms with Crippen LogP contribution >= 0.6 is 0 Å². The highest BCUT2D eigenvalue weighted by Gasteiger charge is 2.10. The molecule has 94 valence electrons. The molecule has 0 aliphatic rings. The van der Waals surface area contributed by atoms with E-state index in [-0.39, 0.29) is 5.91 Å². The van der Waals surface area contributed by atoms with Gasteiger partial charge in [0.1, 0.15) is 5.52 Å². The van der Waals surface area contributed by atoms with Crippen molar-refractivity contribution in [2.45, 2.75) is 12.8 Å². The number of hydrogen-bond donors (Lipinski definition) is 2. The van der Waals surface area contributed by atoms with Gasteiger partial charge in [0.05, 0.1) is 11.1 Å². The second-order valence-corrected chi connectivity index (χ2v) is 3.98. The lowest BCUT2D eigenvalue weighted by molar-refractivity contribution is 0.0954. The van der Waals surface area contributed by atoms with E-state index in [2.05, 4.69) is 15.3 Å². The number of carbonyl (C=O) groups is 1. The third-order valence-electron chi connectivity index (χ3n) is 2.66. The van der Waals surface area contributed by atoms with Crippen molar-refractivity contribution in [3.05, 3.63) is 36.2 Å². The van der Waals surface area contributed by atoms with Gasteiger partial charge < -0.3 is 11.1 Å². The van der Waals surface area contributed by atoms with Crippen molar-refractivity contribution in [3.63, 3.8) is 0 Å². The highest BCUT2D eigenvalue weighted by Crippen LogP contribution is 2.13. The van der Waals surface area contributed by atoms with Crippen LogP contribution in [-0.4, -0.2) is 29.0 Å². The van der Waals surface area contributed by atoms with Crippen LogP contribution in [0.25, 0.3) is 11.0 Å². The summed E-state index contributed by atoms with van der Waals surface area (Å²) in [5.74, 6) is -0.113. The van der Waals surface area contributed by atoms with Gasteiger partial charge in [-0.15, -0.1) is 0 Å². The minimum absolute atomic E-state index is 0.113. The summed E-state index contributed by atoms with van der Waals surface area (Å²) in [6, 6.07) is 5.41. The summed E-state index contributed by atoms with van der Waals surface area (Å²) in [4.78, 5) is 20.4. The number of hydrogen-bond acceptors (Lipinski definition) is 4. The maximum absolute atomic E-state index is 12.0. The summed E-state index contributed by atoms with van der Waals surface area (Å²) in [6.45, 7) is 1.28. The highest BCUT2D eigenvalue weighted by atomic mass is 16.1. The number of nitrogens with two attached hydrogens (primary N) is 1. The molecule has 0 saturated heterocycles. The minimum atomic E-state index is -0.113. The fourth-order valence-electron chi connectivity index (χ4n) is 1.74. The van der Waals surface area contributed by atoms with Crippen LogP contribution in [0.15, 0.2) is 30.6 Å². The van der Waals surface area contributed by atoms with Crippen molar-refractivity contribution in [3.8, 4) is 0 Å². The number of nitrogens with zero attached hydrogens (tertiary/aromatic N) is 2. The third-order valence-corrected chi connectivity index (χ3v) is 2.66. The van der Waals surface area contributed by atoms with Crippen molar-refractivity contribution in [2.24, 2.45) is 5.73 Å². The summed E-state index contributed by atoms with van der Waals surface area (Å²) in [6.07, 6.45) is 5.01. The van der Waals surface area contributed by atoms with Crippen molar-refractivity contribution in [1.29, 1.82) is 0 Å². The van der Waals surface area contributed by atoms with E-state index >= 15 is 0 Å². The Bertz CT molecular complexity index is 536. The van der Waals surface area contributed by atoms with Gasteiger partial charge in [0, 0.05) is 18.9 Å². The van der Waals surface area contributed by atoms with E-state index in [1.165, 1.54) is 0 Å². The molecule has 2 rings (SSSR count). The molecule has 0 bridgehead atoms. The highest BCUT2D eigenvalue weighted by molar-refractivity contribution is 6.04. The largest absolute Gasteiger partial charge is 0.352 e. The van der Waals surface area contributed by atoms with Gasteiger partial charge in [0.25, 0.3) is 5.91 Å². The molecule has 0 fully saturated rings. The van der Waals surface area contributed by atoms with Crippen molar-refractivity contribution in [2.75, 3.05) is 13.1 Å². The summed E-state index contributed by atoms with van der Waals surface area (Å²) in [7, 11) is 0. The van der Waals surface area contributed by atoms with E-state index in [0.717, 1.165) is 18.4 Å². The van der Waals surface area contributed by atoms with Gasteiger partial charge >= 0.3 is 0 Å². The Morgan fingerprint density at radius 1 is 1.22 bits per heavy atom. The Hall–Kier alpha value is -2.01. The van der Waals surface area contributed by atoms with Gasteiger partial charge in [0.15, 0.2) is 0 Å². The van der Waals surface area contributed by atoms with E-state index in [1.807, 2.05) is 12.1 Å². The van der Waals surface area contributed by atoms with Crippen molar-refractivity contribution in [1.82, 2.24) is 15.3 Å². The van der Waals surface area contributed by atoms with Gasteiger partial charge in [-0.2, -0.15) is 0 Å². The zero-order chi connectivity index (χ0) is 12.8. The number of benzene rings is 1. The Morgan fingerprint density at radius 2 is 2.06 bits per heavy atom. The van der Waals surface area contributed by atoms with Crippen LogP contribution in [0.4, 0.5) is 0 Å².